The summed E-state index contributed by atoms with van der Waals surface area (Å²) in [4.78, 5) is 18.1. The molecule has 194 valence electrons. The van der Waals surface area contributed by atoms with Crippen LogP contribution in [0.3, 0.4) is 0 Å². The minimum Gasteiger partial charge on any atom is -0.292 e. The van der Waals surface area contributed by atoms with Crippen molar-refractivity contribution in [2.75, 3.05) is 0 Å². The molecule has 0 amide bonds. The van der Waals surface area contributed by atoms with E-state index in [0.717, 1.165) is 71.3 Å². The van der Waals surface area contributed by atoms with E-state index >= 15 is 0 Å². The van der Waals surface area contributed by atoms with Crippen LogP contribution in [-0.2, 0) is 19.4 Å². The predicted molar refractivity (Wildman–Crippen MR) is 150 cm³/mol. The molecule has 3 aromatic heterocycles. The SMILES string of the molecule is CCCCc1cn(-c2c(Cl)cccc2CCC)c(=O)n1Cc1ccc(-c2cnccc2-c2nn[nH]n2)cc1. The van der Waals surface area contributed by atoms with Crippen LogP contribution in [-0.4, -0.2) is 34.7 Å². The number of benzene rings is 2. The van der Waals surface area contributed by atoms with Crippen LogP contribution in [0, 0.1) is 0 Å². The zero-order chi connectivity index (χ0) is 26.5. The van der Waals surface area contributed by atoms with E-state index in [-0.39, 0.29) is 5.69 Å². The highest BCUT2D eigenvalue weighted by molar-refractivity contribution is 6.32. The Bertz CT molecular complexity index is 1570. The maximum Gasteiger partial charge on any atom is 0.333 e. The van der Waals surface area contributed by atoms with Crippen molar-refractivity contribution in [1.29, 1.82) is 0 Å². The summed E-state index contributed by atoms with van der Waals surface area (Å²) >= 11 is 6.63. The maximum atomic E-state index is 13.8. The maximum absolute atomic E-state index is 13.8. The number of nitrogens with zero attached hydrogens (tertiary/aromatic N) is 6. The summed E-state index contributed by atoms with van der Waals surface area (Å²) in [5.41, 5.74) is 6.58. The molecule has 0 spiro atoms. The lowest BCUT2D eigenvalue weighted by molar-refractivity contribution is 0.673. The zero-order valence-electron chi connectivity index (χ0n) is 21.6. The molecule has 9 heteroatoms. The highest BCUT2D eigenvalue weighted by atomic mass is 35.5. The number of aryl methyl sites for hydroxylation is 2. The van der Waals surface area contributed by atoms with E-state index in [1.807, 2.05) is 53.2 Å². The third-order valence-corrected chi connectivity index (χ3v) is 7.00. The van der Waals surface area contributed by atoms with E-state index in [1.165, 1.54) is 0 Å². The number of para-hydroxylation sites is 1. The van der Waals surface area contributed by atoms with Gasteiger partial charge in [0.05, 0.1) is 17.3 Å². The first-order chi connectivity index (χ1) is 18.6. The zero-order valence-corrected chi connectivity index (χ0v) is 22.3. The molecule has 0 aliphatic carbocycles. The summed E-state index contributed by atoms with van der Waals surface area (Å²) < 4.78 is 3.61. The molecule has 5 aromatic rings. The van der Waals surface area contributed by atoms with Crippen LogP contribution in [0.25, 0.3) is 28.2 Å². The van der Waals surface area contributed by atoms with Crippen molar-refractivity contribution >= 4 is 11.6 Å². The molecule has 0 unspecified atom stereocenters. The van der Waals surface area contributed by atoms with Gasteiger partial charge in [-0.3, -0.25) is 14.1 Å². The van der Waals surface area contributed by atoms with E-state index in [2.05, 4.69) is 45.5 Å². The van der Waals surface area contributed by atoms with E-state index in [0.29, 0.717) is 17.4 Å². The molecule has 0 aliphatic rings. The highest BCUT2D eigenvalue weighted by Gasteiger charge is 2.18. The van der Waals surface area contributed by atoms with Crippen molar-refractivity contribution < 1.29 is 0 Å². The largest absolute Gasteiger partial charge is 0.333 e. The smallest absolute Gasteiger partial charge is 0.292 e. The average molecular weight is 528 g/mol. The summed E-state index contributed by atoms with van der Waals surface area (Å²) in [5.74, 6) is 0.516. The van der Waals surface area contributed by atoms with Crippen LogP contribution in [0.15, 0.2) is 71.9 Å². The fraction of sp³-hybridized carbons (Fsp3) is 0.276. The monoisotopic (exact) mass is 527 g/mol. The van der Waals surface area contributed by atoms with Crippen LogP contribution in [0.1, 0.15) is 49.9 Å². The standard InChI is InChI=1S/C29H30ClN7O/c1-3-5-9-23-19-37(27-22(7-4-2)8-6-10-26(27)30)29(38)36(23)18-20-11-13-21(14-12-20)25-17-31-16-15-24(25)28-32-34-35-33-28/h6,8,10-17,19H,3-5,7,9,18H2,1-2H3,(H,32,33,34,35). The molecule has 0 saturated carbocycles. The number of unbranched alkanes of at least 4 members (excludes halogenated alkanes) is 1. The van der Waals surface area contributed by atoms with Gasteiger partial charge in [0.2, 0.25) is 5.82 Å². The normalized spacial score (nSPS) is 11.2. The summed E-state index contributed by atoms with van der Waals surface area (Å²) in [6, 6.07) is 15.9. The fourth-order valence-corrected chi connectivity index (χ4v) is 5.07. The van der Waals surface area contributed by atoms with Crippen LogP contribution in [0.2, 0.25) is 5.02 Å². The Morgan fingerprint density at radius 3 is 2.55 bits per heavy atom. The van der Waals surface area contributed by atoms with Gasteiger partial charge in [-0.2, -0.15) is 5.21 Å². The molecule has 3 heterocycles. The van der Waals surface area contributed by atoms with Crippen LogP contribution in [0.5, 0.6) is 0 Å². The van der Waals surface area contributed by atoms with Gasteiger partial charge < -0.3 is 0 Å². The Balaban J connectivity index is 1.50. The summed E-state index contributed by atoms with van der Waals surface area (Å²) in [7, 11) is 0. The second kappa shape index (κ2) is 11.6. The first-order valence-electron chi connectivity index (χ1n) is 13.0. The van der Waals surface area contributed by atoms with Crippen molar-refractivity contribution in [3.63, 3.8) is 0 Å². The van der Waals surface area contributed by atoms with E-state index < -0.39 is 0 Å². The number of nitrogens with one attached hydrogen (secondary N) is 1. The van der Waals surface area contributed by atoms with E-state index in [4.69, 9.17) is 11.6 Å². The molecule has 2 aromatic carbocycles. The van der Waals surface area contributed by atoms with Crippen molar-refractivity contribution in [3.8, 4) is 28.2 Å². The van der Waals surface area contributed by atoms with Gasteiger partial charge >= 0.3 is 5.69 Å². The molecule has 0 radical (unpaired) electrons. The number of aromatic amines is 1. The number of aromatic nitrogens is 7. The van der Waals surface area contributed by atoms with Gasteiger partial charge in [-0.15, -0.1) is 10.2 Å². The molecule has 0 fully saturated rings. The number of pyridine rings is 1. The number of H-pyrrole nitrogens is 1. The first-order valence-corrected chi connectivity index (χ1v) is 13.3. The number of hydrogen-bond acceptors (Lipinski definition) is 5. The van der Waals surface area contributed by atoms with E-state index in [9.17, 15) is 4.79 Å². The Labute approximate surface area is 226 Å². The number of tetrazole rings is 1. The highest BCUT2D eigenvalue weighted by Crippen LogP contribution is 2.29. The molecule has 0 saturated heterocycles. The van der Waals surface area contributed by atoms with Gasteiger partial charge in [0.1, 0.15) is 0 Å². The molecule has 0 bridgehead atoms. The summed E-state index contributed by atoms with van der Waals surface area (Å²) in [6.07, 6.45) is 10.2. The number of hydrogen-bond donors (Lipinski definition) is 1. The lowest BCUT2D eigenvalue weighted by Crippen LogP contribution is -2.25. The molecule has 8 nitrogen and oxygen atoms in total. The summed E-state index contributed by atoms with van der Waals surface area (Å²) in [6.45, 7) is 4.77. The van der Waals surface area contributed by atoms with Gasteiger partial charge in [-0.25, -0.2) is 4.79 Å². The Kier molecular flexibility index (Phi) is 7.79. The van der Waals surface area contributed by atoms with Crippen LogP contribution in [0.4, 0.5) is 0 Å². The Morgan fingerprint density at radius 1 is 0.974 bits per heavy atom. The Hall–Kier alpha value is -4.04. The van der Waals surface area contributed by atoms with Gasteiger partial charge in [0.15, 0.2) is 0 Å². The predicted octanol–water partition coefficient (Wildman–Crippen LogP) is 5.88. The number of rotatable bonds is 10. The van der Waals surface area contributed by atoms with Gasteiger partial charge in [0, 0.05) is 35.4 Å². The molecule has 38 heavy (non-hydrogen) atoms. The van der Waals surface area contributed by atoms with Crippen LogP contribution < -0.4 is 5.69 Å². The molecule has 5 rings (SSSR count). The second-order valence-electron chi connectivity index (χ2n) is 9.31. The second-order valence-corrected chi connectivity index (χ2v) is 9.72. The lowest BCUT2D eigenvalue weighted by Gasteiger charge is -2.11. The average Bonchev–Trinajstić information content (AvgIpc) is 3.58. The van der Waals surface area contributed by atoms with Crippen LogP contribution >= 0.6 is 11.6 Å². The minimum atomic E-state index is -0.0720. The van der Waals surface area contributed by atoms with E-state index in [1.54, 1.807) is 17.0 Å². The van der Waals surface area contributed by atoms with Gasteiger partial charge in [0.25, 0.3) is 0 Å². The third-order valence-electron chi connectivity index (χ3n) is 6.69. The molecule has 0 atom stereocenters. The van der Waals surface area contributed by atoms with Crippen molar-refractivity contribution in [2.45, 2.75) is 52.5 Å². The van der Waals surface area contributed by atoms with Gasteiger partial charge in [-0.1, -0.05) is 74.7 Å². The lowest BCUT2D eigenvalue weighted by atomic mass is 10.0. The fourth-order valence-electron chi connectivity index (χ4n) is 4.78. The molecule has 1 N–H and O–H groups in total. The molecular formula is C29H30ClN7O. The first kappa shape index (κ1) is 25.6. The van der Waals surface area contributed by atoms with Crippen molar-refractivity contribution in [2.24, 2.45) is 0 Å². The summed E-state index contributed by atoms with van der Waals surface area (Å²) in [5, 5.41) is 15.0. The minimum absolute atomic E-state index is 0.0720. The van der Waals surface area contributed by atoms with Crippen molar-refractivity contribution in [3.05, 3.63) is 99.4 Å². The third kappa shape index (κ3) is 5.17. The van der Waals surface area contributed by atoms with Gasteiger partial charge in [-0.05, 0) is 53.3 Å². The quantitative estimate of drug-likeness (QED) is 0.245. The molecule has 0 aliphatic heterocycles. The molecular weight excluding hydrogens is 498 g/mol. The van der Waals surface area contributed by atoms with Crippen molar-refractivity contribution in [1.82, 2.24) is 34.7 Å². The topological polar surface area (TPSA) is 94.3 Å². The number of halogens is 1. The number of imidazole rings is 1. The Morgan fingerprint density at radius 2 is 1.82 bits per heavy atom.